The molecule has 1 saturated heterocycles. The van der Waals surface area contributed by atoms with Crippen LogP contribution in [0.1, 0.15) is 23.7 Å². The van der Waals surface area contributed by atoms with E-state index in [1.807, 2.05) is 0 Å². The van der Waals surface area contributed by atoms with Crippen LogP contribution in [0.3, 0.4) is 0 Å². The van der Waals surface area contributed by atoms with Crippen LogP contribution >= 0.6 is 11.5 Å². The summed E-state index contributed by atoms with van der Waals surface area (Å²) in [6.07, 6.45) is 0.851. The molecule has 0 radical (unpaired) electrons. The molecule has 0 N–H and O–H groups in total. The number of fused-ring (bicyclic) bond motifs is 1. The Morgan fingerprint density at radius 1 is 1.09 bits per heavy atom. The highest BCUT2D eigenvalue weighted by Gasteiger charge is 2.23. The second kappa shape index (κ2) is 11.0. The van der Waals surface area contributed by atoms with Crippen LogP contribution in [0.25, 0.3) is 10.1 Å². The third kappa shape index (κ3) is 5.63. The van der Waals surface area contributed by atoms with Crippen LogP contribution in [0.4, 0.5) is 5.82 Å². The van der Waals surface area contributed by atoms with Gasteiger partial charge in [0, 0.05) is 57.2 Å². The van der Waals surface area contributed by atoms with Crippen molar-refractivity contribution in [1.29, 1.82) is 0 Å². The van der Waals surface area contributed by atoms with Gasteiger partial charge in [0.2, 0.25) is 0 Å². The number of rotatable bonds is 10. The summed E-state index contributed by atoms with van der Waals surface area (Å²) in [5.74, 6) is 2.32. The van der Waals surface area contributed by atoms with Crippen LogP contribution in [0.2, 0.25) is 0 Å². The first-order valence-corrected chi connectivity index (χ1v) is 12.0. The highest BCUT2D eigenvalue weighted by molar-refractivity contribution is 7.13. The Kier molecular flexibility index (Phi) is 7.80. The molecule has 1 aliphatic rings. The van der Waals surface area contributed by atoms with Crippen LogP contribution < -0.4 is 14.4 Å². The number of aromatic nitrogens is 1. The van der Waals surface area contributed by atoms with Crippen LogP contribution in [0.15, 0.2) is 42.5 Å². The molecule has 4 rings (SSSR count). The van der Waals surface area contributed by atoms with Gasteiger partial charge in [-0.1, -0.05) is 12.1 Å². The minimum atomic E-state index is 0.00219. The lowest BCUT2D eigenvalue weighted by atomic mass is 10.1. The molecule has 2 aromatic carbocycles. The van der Waals surface area contributed by atoms with Crippen molar-refractivity contribution in [2.75, 3.05) is 58.5 Å². The van der Waals surface area contributed by atoms with Gasteiger partial charge in [0.25, 0.3) is 0 Å². The van der Waals surface area contributed by atoms with Crippen LogP contribution in [-0.4, -0.2) is 74.7 Å². The molecule has 2 heterocycles. The first-order valence-electron chi connectivity index (χ1n) is 11.3. The average Bonchev–Trinajstić information content (AvgIpc) is 3.28. The van der Waals surface area contributed by atoms with Crippen molar-refractivity contribution in [2.45, 2.75) is 19.4 Å². The summed E-state index contributed by atoms with van der Waals surface area (Å²) in [6.45, 7) is 6.79. The fourth-order valence-corrected chi connectivity index (χ4v) is 4.92. The van der Waals surface area contributed by atoms with Gasteiger partial charge in [-0.2, -0.15) is 4.37 Å². The number of carbonyl (C=O) groups excluding carboxylic acids is 1. The molecule has 0 bridgehead atoms. The number of methoxy groups -OCH3 is 2. The van der Waals surface area contributed by atoms with Gasteiger partial charge in [-0.25, -0.2) is 0 Å². The third-order valence-corrected chi connectivity index (χ3v) is 6.91. The van der Waals surface area contributed by atoms with Gasteiger partial charge < -0.3 is 19.1 Å². The molecule has 1 aliphatic heterocycles. The Labute approximate surface area is 199 Å². The fourth-order valence-electron chi connectivity index (χ4n) is 4.12. The second-order valence-corrected chi connectivity index (χ2v) is 9.01. The van der Waals surface area contributed by atoms with Gasteiger partial charge >= 0.3 is 0 Å². The van der Waals surface area contributed by atoms with E-state index in [0.29, 0.717) is 23.7 Å². The topological polar surface area (TPSA) is 64.1 Å². The van der Waals surface area contributed by atoms with Crippen molar-refractivity contribution in [1.82, 2.24) is 9.27 Å². The first-order chi connectivity index (χ1) is 16.1. The number of Topliss-reactive ketones (excluding diaryl/α,β-unsaturated/α-hetero) is 1. The number of hydrogen-bond donors (Lipinski definition) is 0. The predicted molar refractivity (Wildman–Crippen MR) is 132 cm³/mol. The number of anilines is 1. The van der Waals surface area contributed by atoms with Crippen molar-refractivity contribution in [3.05, 3.63) is 48.0 Å². The Morgan fingerprint density at radius 3 is 2.61 bits per heavy atom. The molecule has 1 fully saturated rings. The number of benzene rings is 2. The highest BCUT2D eigenvalue weighted by Crippen LogP contribution is 2.30. The number of ether oxygens (including phenoxy) is 3. The number of piperazine rings is 1. The van der Waals surface area contributed by atoms with Crippen molar-refractivity contribution in [3.8, 4) is 11.5 Å². The van der Waals surface area contributed by atoms with E-state index in [2.05, 4.69) is 34.1 Å². The van der Waals surface area contributed by atoms with E-state index in [-0.39, 0.29) is 11.9 Å². The fraction of sp³-hybridized carbons (Fsp3) is 0.440. The maximum atomic E-state index is 11.6. The number of ketones is 1. The van der Waals surface area contributed by atoms with E-state index in [0.717, 1.165) is 45.0 Å². The normalized spacial score (nSPS) is 15.5. The lowest BCUT2D eigenvalue weighted by Crippen LogP contribution is -2.49. The number of nitrogens with zero attached hydrogens (tertiary/aromatic N) is 3. The standard InChI is InChI=1S/C25H31N3O4S/c1-18(29)19-8-9-22(23(16-19)31-3)32-15-10-20(30-2)17-27-11-13-28(14-12-27)25-21-6-4-5-7-24(21)33-26-25/h4-9,16,20H,10-15,17H2,1-3H3. The summed E-state index contributed by atoms with van der Waals surface area (Å²) in [7, 11) is 3.34. The van der Waals surface area contributed by atoms with Gasteiger partial charge in [-0.15, -0.1) is 0 Å². The smallest absolute Gasteiger partial charge is 0.161 e. The molecule has 8 heteroatoms. The van der Waals surface area contributed by atoms with Gasteiger partial charge in [0.15, 0.2) is 17.3 Å². The van der Waals surface area contributed by atoms with E-state index >= 15 is 0 Å². The van der Waals surface area contributed by atoms with E-state index in [4.69, 9.17) is 18.6 Å². The van der Waals surface area contributed by atoms with E-state index < -0.39 is 0 Å². The molecule has 0 spiro atoms. The number of carbonyl (C=O) groups is 1. The first kappa shape index (κ1) is 23.5. The van der Waals surface area contributed by atoms with E-state index in [9.17, 15) is 4.79 Å². The summed E-state index contributed by atoms with van der Waals surface area (Å²) >= 11 is 1.57. The summed E-state index contributed by atoms with van der Waals surface area (Å²) in [6, 6.07) is 13.7. The highest BCUT2D eigenvalue weighted by atomic mass is 32.1. The summed E-state index contributed by atoms with van der Waals surface area (Å²) in [5.41, 5.74) is 0.610. The van der Waals surface area contributed by atoms with Gasteiger partial charge in [-0.3, -0.25) is 9.69 Å². The lowest BCUT2D eigenvalue weighted by molar-refractivity contribution is 0.0461. The second-order valence-electron chi connectivity index (χ2n) is 8.21. The van der Waals surface area contributed by atoms with E-state index in [1.165, 1.54) is 17.0 Å². The maximum absolute atomic E-state index is 11.6. The van der Waals surface area contributed by atoms with Crippen molar-refractivity contribution >= 4 is 33.2 Å². The molecule has 0 aliphatic carbocycles. The van der Waals surface area contributed by atoms with E-state index in [1.54, 1.807) is 44.0 Å². The Hall–Kier alpha value is -2.68. The zero-order chi connectivity index (χ0) is 23.2. The Balaban J connectivity index is 1.26. The SMILES string of the molecule is COc1cc(C(C)=O)ccc1OCCC(CN1CCN(c2nsc3ccccc23)CC1)OC. The zero-order valence-corrected chi connectivity index (χ0v) is 20.3. The average molecular weight is 470 g/mol. The molecular formula is C25H31N3O4S. The largest absolute Gasteiger partial charge is 0.493 e. The molecule has 33 heavy (non-hydrogen) atoms. The Bertz CT molecular complexity index is 1080. The minimum absolute atomic E-state index is 0.00219. The monoisotopic (exact) mass is 469 g/mol. The van der Waals surface area contributed by atoms with Crippen LogP contribution in [-0.2, 0) is 4.74 Å². The maximum Gasteiger partial charge on any atom is 0.161 e. The molecule has 1 aromatic heterocycles. The number of hydrogen-bond acceptors (Lipinski definition) is 8. The molecule has 1 atom stereocenters. The van der Waals surface area contributed by atoms with Crippen molar-refractivity contribution in [2.24, 2.45) is 0 Å². The molecular weight excluding hydrogens is 438 g/mol. The summed E-state index contributed by atoms with van der Waals surface area (Å²) in [5, 5.41) is 1.25. The van der Waals surface area contributed by atoms with Gasteiger partial charge in [0.05, 0.1) is 24.5 Å². The molecule has 0 saturated carbocycles. The van der Waals surface area contributed by atoms with Crippen LogP contribution in [0.5, 0.6) is 11.5 Å². The molecule has 7 nitrogen and oxygen atoms in total. The lowest BCUT2D eigenvalue weighted by Gasteiger charge is -2.36. The van der Waals surface area contributed by atoms with Gasteiger partial charge in [0.1, 0.15) is 5.82 Å². The quantitative estimate of drug-likeness (QED) is 0.414. The minimum Gasteiger partial charge on any atom is -0.493 e. The zero-order valence-electron chi connectivity index (χ0n) is 19.5. The van der Waals surface area contributed by atoms with Gasteiger partial charge in [-0.05, 0) is 48.8 Å². The molecule has 176 valence electrons. The van der Waals surface area contributed by atoms with Crippen molar-refractivity contribution in [3.63, 3.8) is 0 Å². The Morgan fingerprint density at radius 2 is 1.88 bits per heavy atom. The summed E-state index contributed by atoms with van der Waals surface area (Å²) in [4.78, 5) is 16.4. The van der Waals surface area contributed by atoms with Crippen molar-refractivity contribution < 1.29 is 19.0 Å². The molecule has 0 amide bonds. The molecule has 1 unspecified atom stereocenters. The third-order valence-electron chi connectivity index (χ3n) is 6.09. The summed E-state index contributed by atoms with van der Waals surface area (Å²) < 4.78 is 23.0. The molecule has 3 aromatic rings. The predicted octanol–water partition coefficient (Wildman–Crippen LogP) is 4.11. The van der Waals surface area contributed by atoms with Crippen LogP contribution in [0, 0.1) is 0 Å².